The van der Waals surface area contributed by atoms with Gasteiger partial charge in [-0.3, -0.25) is 0 Å². The predicted octanol–water partition coefficient (Wildman–Crippen LogP) is -0.630. The summed E-state index contributed by atoms with van der Waals surface area (Å²) in [6.45, 7) is 1.61. The normalized spacial score (nSPS) is 20.4. The van der Waals surface area contributed by atoms with Crippen LogP contribution < -0.4 is 16.4 Å². The number of nitriles is 1. The van der Waals surface area contributed by atoms with Crippen LogP contribution in [0.2, 0.25) is 0 Å². The minimum Gasteiger partial charge on any atom is -0.383 e. The van der Waals surface area contributed by atoms with E-state index < -0.39 is 6.10 Å². The second kappa shape index (κ2) is 4.20. The third-order valence-corrected chi connectivity index (χ3v) is 2.28. The molecule has 1 aromatic rings. The van der Waals surface area contributed by atoms with Gasteiger partial charge < -0.3 is 21.1 Å². The molecular weight excluding hydrogens is 208 g/mol. The Bertz CT molecular complexity index is 408. The molecule has 0 saturated carbocycles. The molecule has 1 aliphatic heterocycles. The fourth-order valence-corrected chi connectivity index (χ4v) is 1.57. The molecule has 1 aromatic heterocycles. The van der Waals surface area contributed by atoms with Crippen molar-refractivity contribution in [1.82, 2.24) is 9.97 Å². The summed E-state index contributed by atoms with van der Waals surface area (Å²) in [5, 5.41) is 8.78. The molecule has 1 unspecified atom stereocenters. The molecule has 0 aromatic carbocycles. The zero-order valence-corrected chi connectivity index (χ0v) is 8.63. The number of nitrogen functional groups attached to an aromatic ring is 2. The van der Waals surface area contributed by atoms with Crippen LogP contribution in [0.1, 0.15) is 0 Å². The SMILES string of the molecule is N#CC1CN(c2cc(N)nc(N)n2)CCO1. The highest BCUT2D eigenvalue weighted by atomic mass is 16.5. The second-order valence-corrected chi connectivity index (χ2v) is 3.44. The van der Waals surface area contributed by atoms with Gasteiger partial charge in [-0.05, 0) is 0 Å². The molecule has 1 aliphatic rings. The van der Waals surface area contributed by atoms with Crippen LogP contribution >= 0.6 is 0 Å². The van der Waals surface area contributed by atoms with Gasteiger partial charge in [0.1, 0.15) is 11.6 Å². The van der Waals surface area contributed by atoms with Gasteiger partial charge in [0.2, 0.25) is 5.95 Å². The van der Waals surface area contributed by atoms with Gasteiger partial charge in [-0.2, -0.15) is 15.2 Å². The third-order valence-electron chi connectivity index (χ3n) is 2.28. The zero-order valence-electron chi connectivity index (χ0n) is 8.63. The maximum absolute atomic E-state index is 8.78. The number of nitrogens with two attached hydrogens (primary N) is 2. The first-order chi connectivity index (χ1) is 7.69. The molecule has 7 nitrogen and oxygen atoms in total. The van der Waals surface area contributed by atoms with Crippen LogP contribution in [0.3, 0.4) is 0 Å². The van der Waals surface area contributed by atoms with Gasteiger partial charge in [-0.25, -0.2) is 0 Å². The van der Waals surface area contributed by atoms with Gasteiger partial charge in [0.15, 0.2) is 6.10 Å². The Balaban J connectivity index is 2.20. The monoisotopic (exact) mass is 220 g/mol. The Morgan fingerprint density at radius 3 is 3.00 bits per heavy atom. The summed E-state index contributed by atoms with van der Waals surface area (Å²) >= 11 is 0. The molecule has 1 saturated heterocycles. The Hall–Kier alpha value is -2.07. The van der Waals surface area contributed by atoms with Gasteiger partial charge in [0, 0.05) is 12.6 Å². The molecule has 2 heterocycles. The highest BCUT2D eigenvalue weighted by molar-refractivity contribution is 5.50. The standard InChI is InChI=1S/C9H12N6O/c10-4-6-5-15(1-2-16-6)8-3-7(11)13-9(12)14-8/h3,6H,1-2,5H2,(H4,11,12,13,14). The molecule has 0 amide bonds. The van der Waals surface area contributed by atoms with Gasteiger partial charge in [-0.15, -0.1) is 0 Å². The number of anilines is 3. The molecule has 0 aliphatic carbocycles. The number of morpholine rings is 1. The molecule has 1 atom stereocenters. The van der Waals surface area contributed by atoms with Crippen LogP contribution in [0.4, 0.5) is 17.6 Å². The van der Waals surface area contributed by atoms with Crippen molar-refractivity contribution in [1.29, 1.82) is 5.26 Å². The van der Waals surface area contributed by atoms with E-state index in [1.807, 2.05) is 4.90 Å². The predicted molar refractivity (Wildman–Crippen MR) is 58.4 cm³/mol. The van der Waals surface area contributed by atoms with Crippen LogP contribution in [0.25, 0.3) is 0 Å². The van der Waals surface area contributed by atoms with E-state index in [9.17, 15) is 0 Å². The molecule has 4 N–H and O–H groups in total. The molecule has 0 bridgehead atoms. The molecule has 0 radical (unpaired) electrons. The van der Waals surface area contributed by atoms with Crippen molar-refractivity contribution in [3.8, 4) is 6.07 Å². The summed E-state index contributed by atoms with van der Waals surface area (Å²) in [5.41, 5.74) is 11.1. The van der Waals surface area contributed by atoms with Crippen molar-refractivity contribution in [2.45, 2.75) is 6.10 Å². The first kappa shape index (κ1) is 10.4. The van der Waals surface area contributed by atoms with Gasteiger partial charge in [0.05, 0.1) is 19.2 Å². The molecule has 16 heavy (non-hydrogen) atoms. The molecular formula is C9H12N6O. The lowest BCUT2D eigenvalue weighted by molar-refractivity contribution is 0.0761. The van der Waals surface area contributed by atoms with Crippen LogP contribution in [0.15, 0.2) is 6.07 Å². The number of hydrogen-bond acceptors (Lipinski definition) is 7. The lowest BCUT2D eigenvalue weighted by Gasteiger charge is -2.30. The number of rotatable bonds is 1. The maximum Gasteiger partial charge on any atom is 0.223 e. The van der Waals surface area contributed by atoms with Crippen molar-refractivity contribution in [3.63, 3.8) is 0 Å². The maximum atomic E-state index is 8.78. The van der Waals surface area contributed by atoms with E-state index in [0.29, 0.717) is 31.3 Å². The van der Waals surface area contributed by atoms with Gasteiger partial charge in [0.25, 0.3) is 0 Å². The van der Waals surface area contributed by atoms with Crippen molar-refractivity contribution >= 4 is 17.6 Å². The highest BCUT2D eigenvalue weighted by Gasteiger charge is 2.21. The number of nitrogens with zero attached hydrogens (tertiary/aromatic N) is 4. The minimum atomic E-state index is -0.439. The molecule has 0 spiro atoms. The number of hydrogen-bond donors (Lipinski definition) is 2. The first-order valence-corrected chi connectivity index (χ1v) is 4.85. The van der Waals surface area contributed by atoms with E-state index in [1.165, 1.54) is 0 Å². The van der Waals surface area contributed by atoms with Gasteiger partial charge in [-0.1, -0.05) is 0 Å². The summed E-state index contributed by atoms with van der Waals surface area (Å²) in [7, 11) is 0. The Morgan fingerprint density at radius 2 is 2.31 bits per heavy atom. The van der Waals surface area contributed by atoms with Crippen molar-refractivity contribution in [3.05, 3.63) is 6.07 Å². The van der Waals surface area contributed by atoms with Crippen molar-refractivity contribution in [2.75, 3.05) is 36.1 Å². The molecule has 2 rings (SSSR count). The van der Waals surface area contributed by atoms with Crippen LogP contribution in [-0.2, 0) is 4.74 Å². The van der Waals surface area contributed by atoms with Crippen LogP contribution in [0, 0.1) is 11.3 Å². The average Bonchev–Trinajstić information content (AvgIpc) is 2.28. The van der Waals surface area contributed by atoms with E-state index in [0.717, 1.165) is 0 Å². The smallest absolute Gasteiger partial charge is 0.223 e. The van der Waals surface area contributed by atoms with E-state index in [4.69, 9.17) is 21.5 Å². The third kappa shape index (κ3) is 2.12. The lowest BCUT2D eigenvalue weighted by atomic mass is 10.3. The van der Waals surface area contributed by atoms with E-state index in [-0.39, 0.29) is 5.95 Å². The topological polar surface area (TPSA) is 114 Å². The number of aromatic nitrogens is 2. The van der Waals surface area contributed by atoms with Gasteiger partial charge >= 0.3 is 0 Å². The van der Waals surface area contributed by atoms with E-state index in [2.05, 4.69) is 16.0 Å². The Labute approximate surface area is 92.6 Å². The summed E-state index contributed by atoms with van der Waals surface area (Å²) in [5.74, 6) is 1.09. The second-order valence-electron chi connectivity index (χ2n) is 3.44. The summed E-state index contributed by atoms with van der Waals surface area (Å²) in [4.78, 5) is 9.77. The van der Waals surface area contributed by atoms with E-state index >= 15 is 0 Å². The molecule has 7 heteroatoms. The Morgan fingerprint density at radius 1 is 1.50 bits per heavy atom. The summed E-state index contributed by atoms with van der Waals surface area (Å²) < 4.78 is 5.23. The zero-order chi connectivity index (χ0) is 11.5. The average molecular weight is 220 g/mol. The summed E-state index contributed by atoms with van der Waals surface area (Å²) in [6, 6.07) is 3.70. The van der Waals surface area contributed by atoms with E-state index in [1.54, 1.807) is 6.07 Å². The largest absolute Gasteiger partial charge is 0.383 e. The summed E-state index contributed by atoms with van der Waals surface area (Å²) in [6.07, 6.45) is -0.439. The fourth-order valence-electron chi connectivity index (χ4n) is 1.57. The van der Waals surface area contributed by atoms with Crippen molar-refractivity contribution in [2.24, 2.45) is 0 Å². The first-order valence-electron chi connectivity index (χ1n) is 4.85. The van der Waals surface area contributed by atoms with Crippen LogP contribution in [0.5, 0.6) is 0 Å². The molecule has 84 valence electrons. The fraction of sp³-hybridized carbons (Fsp3) is 0.444. The van der Waals surface area contributed by atoms with Crippen LogP contribution in [-0.4, -0.2) is 35.8 Å². The lowest BCUT2D eigenvalue weighted by Crippen LogP contribution is -2.42. The highest BCUT2D eigenvalue weighted by Crippen LogP contribution is 2.17. The quantitative estimate of drug-likeness (QED) is 0.647. The molecule has 1 fully saturated rings. The minimum absolute atomic E-state index is 0.134. The van der Waals surface area contributed by atoms with Crippen molar-refractivity contribution < 1.29 is 4.74 Å². The number of ether oxygens (including phenoxy) is 1. The Kier molecular flexibility index (Phi) is 2.74.